The van der Waals surface area contributed by atoms with E-state index in [2.05, 4.69) is 22.4 Å². The normalized spacial score (nSPS) is 10.4. The van der Waals surface area contributed by atoms with Gasteiger partial charge in [0.15, 0.2) is 0 Å². The molecular formula is C10H11N3O. The average Bonchev–Trinajstić information content (AvgIpc) is 2.60. The Morgan fingerprint density at radius 2 is 2.43 bits per heavy atom. The highest BCUT2D eigenvalue weighted by atomic mass is 16.1. The molecule has 14 heavy (non-hydrogen) atoms. The van der Waals surface area contributed by atoms with Gasteiger partial charge in [-0.1, -0.05) is 6.92 Å². The summed E-state index contributed by atoms with van der Waals surface area (Å²) in [7, 11) is 0. The number of H-pyrrole nitrogens is 1. The van der Waals surface area contributed by atoms with E-state index in [0.29, 0.717) is 6.41 Å². The van der Waals surface area contributed by atoms with Crippen molar-refractivity contribution in [3.8, 4) is 0 Å². The number of hydrogen-bond acceptors (Lipinski definition) is 2. The van der Waals surface area contributed by atoms with Crippen molar-refractivity contribution in [1.82, 2.24) is 10.2 Å². The van der Waals surface area contributed by atoms with Crippen molar-refractivity contribution in [1.29, 1.82) is 0 Å². The second-order valence-electron chi connectivity index (χ2n) is 3.05. The molecule has 0 spiro atoms. The van der Waals surface area contributed by atoms with Gasteiger partial charge in [0.25, 0.3) is 0 Å². The van der Waals surface area contributed by atoms with Gasteiger partial charge >= 0.3 is 0 Å². The molecule has 0 aliphatic heterocycles. The molecule has 1 aromatic carbocycles. The van der Waals surface area contributed by atoms with Crippen LogP contribution in [0.2, 0.25) is 0 Å². The van der Waals surface area contributed by atoms with E-state index >= 15 is 0 Å². The molecule has 0 atom stereocenters. The predicted molar refractivity (Wildman–Crippen MR) is 55.2 cm³/mol. The number of anilines is 1. The number of benzene rings is 1. The Labute approximate surface area is 81.3 Å². The third-order valence-electron chi connectivity index (χ3n) is 2.21. The van der Waals surface area contributed by atoms with Crippen molar-refractivity contribution in [2.45, 2.75) is 13.3 Å². The summed E-state index contributed by atoms with van der Waals surface area (Å²) >= 11 is 0. The van der Waals surface area contributed by atoms with E-state index in [4.69, 9.17) is 0 Å². The number of nitrogens with zero attached hydrogens (tertiary/aromatic N) is 1. The Morgan fingerprint density at radius 1 is 1.57 bits per heavy atom. The Balaban J connectivity index is 2.55. The van der Waals surface area contributed by atoms with Crippen LogP contribution in [-0.4, -0.2) is 16.6 Å². The Kier molecular flexibility index (Phi) is 2.18. The van der Waals surface area contributed by atoms with E-state index in [9.17, 15) is 4.79 Å². The van der Waals surface area contributed by atoms with Crippen molar-refractivity contribution in [2.75, 3.05) is 5.32 Å². The number of carbonyl (C=O) groups is 1. The molecule has 1 aromatic heterocycles. The summed E-state index contributed by atoms with van der Waals surface area (Å²) in [6.45, 7) is 2.06. The fourth-order valence-electron chi connectivity index (χ4n) is 1.49. The zero-order chi connectivity index (χ0) is 9.97. The van der Waals surface area contributed by atoms with Gasteiger partial charge in [-0.3, -0.25) is 9.89 Å². The standard InChI is InChI=1S/C10H11N3O/c1-2-9-8-5-7(11-6-14)3-4-10(8)13-12-9/h3-6H,2H2,1H3,(H,11,14)(H,12,13). The van der Waals surface area contributed by atoms with E-state index < -0.39 is 0 Å². The molecule has 2 aromatic rings. The van der Waals surface area contributed by atoms with Gasteiger partial charge in [-0.2, -0.15) is 5.10 Å². The van der Waals surface area contributed by atoms with Crippen molar-refractivity contribution in [3.63, 3.8) is 0 Å². The zero-order valence-corrected chi connectivity index (χ0v) is 7.87. The van der Waals surface area contributed by atoms with Gasteiger partial charge in [0, 0.05) is 16.8 Å². The first-order valence-corrected chi connectivity index (χ1v) is 4.52. The highest BCUT2D eigenvalue weighted by molar-refractivity contribution is 5.87. The molecular weight excluding hydrogens is 178 g/mol. The van der Waals surface area contributed by atoms with E-state index in [0.717, 1.165) is 28.7 Å². The lowest BCUT2D eigenvalue weighted by molar-refractivity contribution is -0.105. The van der Waals surface area contributed by atoms with Crippen LogP contribution in [-0.2, 0) is 11.2 Å². The van der Waals surface area contributed by atoms with E-state index in [1.807, 2.05) is 18.2 Å². The first kappa shape index (κ1) is 8.74. The molecule has 0 aliphatic rings. The van der Waals surface area contributed by atoms with Crippen molar-refractivity contribution in [3.05, 3.63) is 23.9 Å². The van der Waals surface area contributed by atoms with Crippen molar-refractivity contribution in [2.24, 2.45) is 0 Å². The fourth-order valence-corrected chi connectivity index (χ4v) is 1.49. The van der Waals surface area contributed by atoms with Crippen LogP contribution >= 0.6 is 0 Å². The van der Waals surface area contributed by atoms with Crippen LogP contribution in [0.15, 0.2) is 18.2 Å². The first-order chi connectivity index (χ1) is 6.85. The monoisotopic (exact) mass is 189 g/mol. The second kappa shape index (κ2) is 3.49. The topological polar surface area (TPSA) is 57.8 Å². The van der Waals surface area contributed by atoms with Gasteiger partial charge in [-0.25, -0.2) is 0 Å². The van der Waals surface area contributed by atoms with Gasteiger partial charge in [0.2, 0.25) is 6.41 Å². The largest absolute Gasteiger partial charge is 0.329 e. The Bertz CT molecular complexity index is 461. The summed E-state index contributed by atoms with van der Waals surface area (Å²) in [6, 6.07) is 5.64. The number of aromatic amines is 1. The maximum atomic E-state index is 10.3. The van der Waals surface area contributed by atoms with E-state index in [1.54, 1.807) is 0 Å². The highest BCUT2D eigenvalue weighted by Gasteiger charge is 2.03. The number of carbonyl (C=O) groups excluding carboxylic acids is 1. The Morgan fingerprint density at radius 3 is 3.14 bits per heavy atom. The minimum atomic E-state index is 0.673. The molecule has 1 heterocycles. The van der Waals surface area contributed by atoms with Crippen LogP contribution in [0.3, 0.4) is 0 Å². The lowest BCUT2D eigenvalue weighted by Gasteiger charge is -1.98. The summed E-state index contributed by atoms with van der Waals surface area (Å²) in [5.74, 6) is 0. The molecule has 0 saturated carbocycles. The maximum Gasteiger partial charge on any atom is 0.211 e. The lowest BCUT2D eigenvalue weighted by Crippen LogP contribution is -1.92. The van der Waals surface area contributed by atoms with Gasteiger partial charge in [0.05, 0.1) is 5.52 Å². The molecule has 4 nitrogen and oxygen atoms in total. The van der Waals surface area contributed by atoms with Crippen molar-refractivity contribution >= 4 is 23.0 Å². The van der Waals surface area contributed by atoms with E-state index in [1.165, 1.54) is 0 Å². The third-order valence-corrected chi connectivity index (χ3v) is 2.21. The third kappa shape index (κ3) is 1.35. The number of aromatic nitrogens is 2. The number of aryl methyl sites for hydroxylation is 1. The quantitative estimate of drug-likeness (QED) is 0.722. The van der Waals surface area contributed by atoms with Crippen LogP contribution in [0.5, 0.6) is 0 Å². The highest BCUT2D eigenvalue weighted by Crippen LogP contribution is 2.20. The molecule has 72 valence electrons. The van der Waals surface area contributed by atoms with Gasteiger partial charge in [-0.15, -0.1) is 0 Å². The van der Waals surface area contributed by atoms with E-state index in [-0.39, 0.29) is 0 Å². The lowest BCUT2D eigenvalue weighted by atomic mass is 10.1. The summed E-state index contributed by atoms with van der Waals surface area (Å²) < 4.78 is 0. The fraction of sp³-hybridized carbons (Fsp3) is 0.200. The van der Waals surface area contributed by atoms with Gasteiger partial charge < -0.3 is 5.32 Å². The number of nitrogens with one attached hydrogen (secondary N) is 2. The molecule has 2 N–H and O–H groups in total. The smallest absolute Gasteiger partial charge is 0.211 e. The average molecular weight is 189 g/mol. The summed E-state index contributed by atoms with van der Waals surface area (Å²) in [6.07, 6.45) is 1.58. The first-order valence-electron chi connectivity index (χ1n) is 4.52. The summed E-state index contributed by atoms with van der Waals surface area (Å²) in [5.41, 5.74) is 2.82. The summed E-state index contributed by atoms with van der Waals surface area (Å²) in [4.78, 5) is 10.3. The van der Waals surface area contributed by atoms with Crippen LogP contribution in [0.4, 0.5) is 5.69 Å². The SMILES string of the molecule is CCc1[nH]nc2ccc(NC=O)cc12. The molecule has 4 heteroatoms. The number of hydrogen-bond donors (Lipinski definition) is 2. The molecule has 0 aliphatic carbocycles. The molecule has 0 radical (unpaired) electrons. The summed E-state index contributed by atoms with van der Waals surface area (Å²) in [5, 5.41) is 10.8. The predicted octanol–water partition coefficient (Wildman–Crippen LogP) is 1.69. The minimum Gasteiger partial charge on any atom is -0.329 e. The van der Waals surface area contributed by atoms with Gasteiger partial charge in [0.1, 0.15) is 0 Å². The molecule has 1 amide bonds. The molecule has 0 bridgehead atoms. The van der Waals surface area contributed by atoms with Crippen molar-refractivity contribution < 1.29 is 4.79 Å². The van der Waals surface area contributed by atoms with Crippen LogP contribution in [0, 0.1) is 0 Å². The zero-order valence-electron chi connectivity index (χ0n) is 7.87. The van der Waals surface area contributed by atoms with Crippen LogP contribution in [0.1, 0.15) is 12.6 Å². The van der Waals surface area contributed by atoms with Crippen LogP contribution in [0.25, 0.3) is 10.9 Å². The molecule has 0 unspecified atom stereocenters. The molecule has 0 saturated heterocycles. The second-order valence-corrected chi connectivity index (χ2v) is 3.05. The van der Waals surface area contributed by atoms with Crippen LogP contribution < -0.4 is 5.32 Å². The maximum absolute atomic E-state index is 10.3. The molecule has 2 rings (SSSR count). The Hall–Kier alpha value is -1.84. The minimum absolute atomic E-state index is 0.673. The number of rotatable bonds is 3. The van der Waals surface area contributed by atoms with Gasteiger partial charge in [-0.05, 0) is 24.6 Å². The number of fused-ring (bicyclic) bond motifs is 1. The molecule has 0 fully saturated rings. The number of amides is 1.